The number of hydrogen-bond donors (Lipinski definition) is 2. The number of carbonyl (C=O) groups excluding carboxylic acids is 1. The first-order valence-electron chi connectivity index (χ1n) is 11.8. The molecule has 0 spiro atoms. The largest absolute Gasteiger partial charge is 0.495 e. The number of aromatic nitrogens is 1. The fraction of sp³-hybridized carbons (Fsp3) is 0.407. The third-order valence-electron chi connectivity index (χ3n) is 6.28. The summed E-state index contributed by atoms with van der Waals surface area (Å²) in [5.74, 6) is 2.86. The number of anilines is 2. The average Bonchev–Trinajstić information content (AvgIpc) is 2.81. The van der Waals surface area contributed by atoms with Crippen LogP contribution in [0.2, 0.25) is 0 Å². The second-order valence-electron chi connectivity index (χ2n) is 9.21. The normalized spacial score (nSPS) is 18.8. The van der Waals surface area contributed by atoms with Crippen molar-refractivity contribution in [1.82, 2.24) is 15.2 Å². The lowest BCUT2D eigenvalue weighted by Gasteiger charge is -2.34. The van der Waals surface area contributed by atoms with Gasteiger partial charge in [0.05, 0.1) is 18.4 Å². The van der Waals surface area contributed by atoms with E-state index < -0.39 is 0 Å². The number of hydrogen-bond acceptors (Lipinski definition) is 5. The van der Waals surface area contributed by atoms with E-state index >= 15 is 0 Å². The van der Waals surface area contributed by atoms with E-state index in [1.807, 2.05) is 48.5 Å². The van der Waals surface area contributed by atoms with Crippen molar-refractivity contribution >= 4 is 28.2 Å². The smallest absolute Gasteiger partial charge is 0.253 e. The molecule has 174 valence electrons. The van der Waals surface area contributed by atoms with Gasteiger partial charge in [-0.2, -0.15) is 0 Å². The second kappa shape index (κ2) is 10.7. The number of likely N-dealkylation sites (tertiary alicyclic amines) is 1. The molecule has 2 aromatic carbocycles. The molecule has 6 heteroatoms. The summed E-state index contributed by atoms with van der Waals surface area (Å²) in [7, 11) is 1.64. The number of amides is 1. The first-order valence-corrected chi connectivity index (χ1v) is 11.8. The Morgan fingerprint density at radius 2 is 1.76 bits per heavy atom. The molecule has 1 aliphatic rings. The van der Waals surface area contributed by atoms with Crippen LogP contribution in [-0.4, -0.2) is 49.1 Å². The van der Waals surface area contributed by atoms with Gasteiger partial charge in [0.2, 0.25) is 0 Å². The minimum Gasteiger partial charge on any atom is -0.495 e. The summed E-state index contributed by atoms with van der Waals surface area (Å²) in [5, 5.41) is 8.22. The highest BCUT2D eigenvalue weighted by atomic mass is 16.5. The molecule has 4 rings (SSSR count). The molecule has 6 nitrogen and oxygen atoms in total. The van der Waals surface area contributed by atoms with E-state index in [0.717, 1.165) is 60.1 Å². The van der Waals surface area contributed by atoms with E-state index in [0.29, 0.717) is 17.9 Å². The fourth-order valence-electron chi connectivity index (χ4n) is 4.92. The Hall–Kier alpha value is -3.12. The Bertz CT molecular complexity index is 1090. The monoisotopic (exact) mass is 446 g/mol. The van der Waals surface area contributed by atoms with Crippen molar-refractivity contribution in [3.8, 4) is 5.75 Å². The van der Waals surface area contributed by atoms with Gasteiger partial charge < -0.3 is 20.3 Å². The summed E-state index contributed by atoms with van der Waals surface area (Å²) >= 11 is 0. The molecule has 1 aromatic heterocycles. The van der Waals surface area contributed by atoms with Crippen LogP contribution in [-0.2, 0) is 0 Å². The number of fused-ring (bicyclic) bond motifs is 1. The van der Waals surface area contributed by atoms with Gasteiger partial charge in [-0.15, -0.1) is 0 Å². The van der Waals surface area contributed by atoms with E-state index in [1.165, 1.54) is 6.42 Å². The molecule has 1 saturated heterocycles. The Morgan fingerprint density at radius 3 is 2.52 bits per heavy atom. The lowest BCUT2D eigenvalue weighted by atomic mass is 9.92. The van der Waals surface area contributed by atoms with E-state index in [1.54, 1.807) is 13.3 Å². The van der Waals surface area contributed by atoms with Gasteiger partial charge in [-0.25, -0.2) is 4.98 Å². The number of nitrogens with zero attached hydrogens (tertiary/aromatic N) is 2. The highest BCUT2D eigenvalue weighted by molar-refractivity contribution is 6.09. The summed E-state index contributed by atoms with van der Waals surface area (Å²) in [4.78, 5) is 20.1. The van der Waals surface area contributed by atoms with Crippen LogP contribution in [0.3, 0.4) is 0 Å². The standard InChI is InChI=1S/C27H34N4O2/c1-19-15-20(2)18-31(17-19)14-8-13-28-27(32)23-16-29-26(22-10-5-4-9-21(22)23)30-24-11-6-7-12-25(24)33-3/h4-7,9-12,16,19-20H,8,13-15,17-18H2,1-3H3,(H,28,32)(H,29,30)/t19-,20-/m1/s1. The van der Waals surface area contributed by atoms with E-state index in [2.05, 4.69) is 34.4 Å². The van der Waals surface area contributed by atoms with Gasteiger partial charge in [0.25, 0.3) is 5.91 Å². The van der Waals surface area contributed by atoms with Gasteiger partial charge in [-0.1, -0.05) is 50.2 Å². The second-order valence-corrected chi connectivity index (χ2v) is 9.21. The fourth-order valence-corrected chi connectivity index (χ4v) is 4.92. The van der Waals surface area contributed by atoms with Crippen molar-refractivity contribution in [2.45, 2.75) is 26.7 Å². The van der Waals surface area contributed by atoms with Crippen molar-refractivity contribution in [3.05, 3.63) is 60.3 Å². The minimum atomic E-state index is -0.0806. The van der Waals surface area contributed by atoms with Crippen molar-refractivity contribution < 1.29 is 9.53 Å². The third-order valence-corrected chi connectivity index (χ3v) is 6.28. The predicted octanol–water partition coefficient (Wildman–Crippen LogP) is 5.08. The third kappa shape index (κ3) is 5.63. The van der Waals surface area contributed by atoms with Crippen molar-refractivity contribution in [1.29, 1.82) is 0 Å². The molecule has 1 fully saturated rings. The number of methoxy groups -OCH3 is 1. The van der Waals surface area contributed by atoms with Gasteiger partial charge in [0, 0.05) is 31.2 Å². The lowest BCUT2D eigenvalue weighted by Crippen LogP contribution is -2.40. The van der Waals surface area contributed by atoms with Gasteiger partial charge in [0.1, 0.15) is 11.6 Å². The lowest BCUT2D eigenvalue weighted by molar-refractivity contribution is 0.0948. The summed E-state index contributed by atoms with van der Waals surface area (Å²) in [6, 6.07) is 15.6. The maximum Gasteiger partial charge on any atom is 0.253 e. The van der Waals surface area contributed by atoms with E-state index in [9.17, 15) is 4.79 Å². The van der Waals surface area contributed by atoms with Gasteiger partial charge in [-0.3, -0.25) is 4.79 Å². The van der Waals surface area contributed by atoms with E-state index in [4.69, 9.17) is 4.74 Å². The van der Waals surface area contributed by atoms with Crippen molar-refractivity contribution in [3.63, 3.8) is 0 Å². The highest BCUT2D eigenvalue weighted by Crippen LogP contribution is 2.31. The molecule has 0 saturated carbocycles. The molecule has 0 unspecified atom stereocenters. The SMILES string of the molecule is COc1ccccc1Nc1ncc(C(=O)NCCCN2C[C@H](C)C[C@@H](C)C2)c2ccccc12. The van der Waals surface area contributed by atoms with Crippen LogP contribution in [0.25, 0.3) is 10.8 Å². The number of carbonyl (C=O) groups is 1. The molecule has 2 atom stereocenters. The van der Waals surface area contributed by atoms with Crippen LogP contribution in [0.5, 0.6) is 5.75 Å². The van der Waals surface area contributed by atoms with Crippen LogP contribution >= 0.6 is 0 Å². The van der Waals surface area contributed by atoms with Crippen molar-refractivity contribution in [2.75, 3.05) is 38.6 Å². The van der Waals surface area contributed by atoms with Crippen LogP contribution in [0.4, 0.5) is 11.5 Å². The number of rotatable bonds is 8. The van der Waals surface area contributed by atoms with Crippen LogP contribution < -0.4 is 15.4 Å². The number of pyridine rings is 1. The molecule has 1 aliphatic heterocycles. The maximum atomic E-state index is 13.0. The first kappa shape index (κ1) is 23.1. The zero-order chi connectivity index (χ0) is 23.2. The van der Waals surface area contributed by atoms with Crippen LogP contribution in [0.1, 0.15) is 37.0 Å². The molecule has 0 aliphatic carbocycles. The Balaban J connectivity index is 1.43. The number of piperidine rings is 1. The minimum absolute atomic E-state index is 0.0806. The molecule has 0 bridgehead atoms. The molecule has 0 radical (unpaired) electrons. The van der Waals surface area contributed by atoms with Gasteiger partial charge in [0.15, 0.2) is 0 Å². The summed E-state index contributed by atoms with van der Waals surface area (Å²) < 4.78 is 5.44. The van der Waals surface area contributed by atoms with Gasteiger partial charge in [-0.05, 0) is 48.7 Å². The zero-order valence-electron chi connectivity index (χ0n) is 19.8. The quantitative estimate of drug-likeness (QED) is 0.472. The maximum absolute atomic E-state index is 13.0. The van der Waals surface area contributed by atoms with E-state index in [-0.39, 0.29) is 5.91 Å². The Labute approximate surface area is 196 Å². The number of nitrogens with one attached hydrogen (secondary N) is 2. The first-order chi connectivity index (χ1) is 16.0. The molecular formula is C27H34N4O2. The molecule has 2 N–H and O–H groups in total. The molecular weight excluding hydrogens is 412 g/mol. The zero-order valence-corrected chi connectivity index (χ0v) is 19.8. The Kier molecular flexibility index (Phi) is 7.45. The number of benzene rings is 2. The number of ether oxygens (including phenoxy) is 1. The molecule has 33 heavy (non-hydrogen) atoms. The summed E-state index contributed by atoms with van der Waals surface area (Å²) in [5.41, 5.74) is 1.42. The number of para-hydroxylation sites is 2. The molecule has 1 amide bonds. The highest BCUT2D eigenvalue weighted by Gasteiger charge is 2.21. The van der Waals surface area contributed by atoms with Gasteiger partial charge >= 0.3 is 0 Å². The summed E-state index contributed by atoms with van der Waals surface area (Å²) in [6.07, 6.45) is 3.92. The predicted molar refractivity (Wildman–Crippen MR) is 134 cm³/mol. The Morgan fingerprint density at radius 1 is 1.06 bits per heavy atom. The van der Waals surface area contributed by atoms with Crippen LogP contribution in [0.15, 0.2) is 54.7 Å². The molecule has 3 aromatic rings. The molecule has 2 heterocycles. The van der Waals surface area contributed by atoms with Crippen LogP contribution in [0, 0.1) is 11.8 Å². The summed E-state index contributed by atoms with van der Waals surface area (Å²) in [6.45, 7) is 8.66. The topological polar surface area (TPSA) is 66.5 Å². The van der Waals surface area contributed by atoms with Crippen molar-refractivity contribution in [2.24, 2.45) is 11.8 Å². The average molecular weight is 447 g/mol.